The standard InChI is InChI=1S/C16H21NO2/c1-4-10-17-13(5-1)12-6-7-14-15(11-12)19-16(18-14)8-2-3-9-16/h6-7,11,13,17H,1-5,8-10H2. The summed E-state index contributed by atoms with van der Waals surface area (Å²) in [6, 6.07) is 6.96. The molecule has 1 aromatic carbocycles. The van der Waals surface area contributed by atoms with E-state index in [0.717, 1.165) is 30.9 Å². The van der Waals surface area contributed by atoms with E-state index in [0.29, 0.717) is 6.04 Å². The maximum atomic E-state index is 6.14. The van der Waals surface area contributed by atoms with Crippen molar-refractivity contribution in [3.05, 3.63) is 23.8 Å². The molecule has 1 aliphatic carbocycles. The molecule has 3 nitrogen and oxygen atoms in total. The molecule has 19 heavy (non-hydrogen) atoms. The van der Waals surface area contributed by atoms with Crippen molar-refractivity contribution >= 4 is 0 Å². The van der Waals surface area contributed by atoms with Gasteiger partial charge in [-0.1, -0.05) is 12.5 Å². The van der Waals surface area contributed by atoms with Crippen molar-refractivity contribution in [1.82, 2.24) is 5.32 Å². The summed E-state index contributed by atoms with van der Waals surface area (Å²) in [5, 5.41) is 3.59. The van der Waals surface area contributed by atoms with E-state index in [-0.39, 0.29) is 5.79 Å². The molecule has 1 unspecified atom stereocenters. The molecule has 2 heterocycles. The summed E-state index contributed by atoms with van der Waals surface area (Å²) in [6.07, 6.45) is 8.32. The lowest BCUT2D eigenvalue weighted by molar-refractivity contribution is -0.0716. The third kappa shape index (κ3) is 2.00. The van der Waals surface area contributed by atoms with E-state index in [1.165, 1.54) is 37.7 Å². The van der Waals surface area contributed by atoms with Gasteiger partial charge >= 0.3 is 0 Å². The van der Waals surface area contributed by atoms with Crippen LogP contribution in [0.3, 0.4) is 0 Å². The maximum absolute atomic E-state index is 6.14. The van der Waals surface area contributed by atoms with Gasteiger partial charge in [-0.3, -0.25) is 0 Å². The highest BCUT2D eigenvalue weighted by atomic mass is 16.7. The molecule has 1 saturated carbocycles. The molecule has 102 valence electrons. The Morgan fingerprint density at radius 2 is 1.84 bits per heavy atom. The summed E-state index contributed by atoms with van der Waals surface area (Å²) in [4.78, 5) is 0. The van der Waals surface area contributed by atoms with Gasteiger partial charge in [0.05, 0.1) is 0 Å². The Morgan fingerprint density at radius 3 is 2.63 bits per heavy atom. The lowest BCUT2D eigenvalue weighted by atomic mass is 9.97. The van der Waals surface area contributed by atoms with Crippen LogP contribution < -0.4 is 14.8 Å². The van der Waals surface area contributed by atoms with Gasteiger partial charge in [0.1, 0.15) is 0 Å². The molecule has 0 aromatic heterocycles. The summed E-state index contributed by atoms with van der Waals surface area (Å²) in [5.74, 6) is 1.55. The molecule has 0 radical (unpaired) electrons. The monoisotopic (exact) mass is 259 g/mol. The maximum Gasteiger partial charge on any atom is 0.251 e. The SMILES string of the molecule is c1cc2c(cc1C1CCCCN1)OC1(CCCC1)O2. The molecule has 1 saturated heterocycles. The van der Waals surface area contributed by atoms with Gasteiger partial charge in [0, 0.05) is 18.9 Å². The molecule has 2 fully saturated rings. The van der Waals surface area contributed by atoms with Crippen LogP contribution in [0.15, 0.2) is 18.2 Å². The Balaban J connectivity index is 1.58. The minimum absolute atomic E-state index is 0.332. The second kappa shape index (κ2) is 4.41. The Kier molecular flexibility index (Phi) is 2.69. The van der Waals surface area contributed by atoms with Crippen molar-refractivity contribution in [3.63, 3.8) is 0 Å². The third-order valence-electron chi connectivity index (χ3n) is 4.64. The van der Waals surface area contributed by atoms with Crippen LogP contribution in [0.25, 0.3) is 0 Å². The number of nitrogens with one attached hydrogen (secondary N) is 1. The first-order valence-corrected chi connectivity index (χ1v) is 7.60. The van der Waals surface area contributed by atoms with Gasteiger partial charge in [0.2, 0.25) is 0 Å². The minimum atomic E-state index is -0.332. The van der Waals surface area contributed by atoms with E-state index in [1.807, 2.05) is 0 Å². The Bertz CT molecular complexity index is 474. The van der Waals surface area contributed by atoms with Crippen LogP contribution >= 0.6 is 0 Å². The number of benzene rings is 1. The van der Waals surface area contributed by atoms with Crippen molar-refractivity contribution in [2.24, 2.45) is 0 Å². The van der Waals surface area contributed by atoms with E-state index < -0.39 is 0 Å². The zero-order valence-electron chi connectivity index (χ0n) is 11.3. The molecule has 1 aromatic rings. The van der Waals surface area contributed by atoms with Crippen LogP contribution in [0.5, 0.6) is 11.5 Å². The molecule has 0 amide bonds. The average Bonchev–Trinajstić information content (AvgIpc) is 3.05. The second-order valence-corrected chi connectivity index (χ2v) is 6.03. The van der Waals surface area contributed by atoms with Crippen LogP contribution in [-0.2, 0) is 0 Å². The van der Waals surface area contributed by atoms with Gasteiger partial charge in [-0.05, 0) is 49.9 Å². The van der Waals surface area contributed by atoms with Gasteiger partial charge in [-0.25, -0.2) is 0 Å². The molecule has 0 bridgehead atoms. The quantitative estimate of drug-likeness (QED) is 0.836. The lowest BCUT2D eigenvalue weighted by Gasteiger charge is -2.24. The van der Waals surface area contributed by atoms with Crippen LogP contribution in [0, 0.1) is 0 Å². The van der Waals surface area contributed by atoms with Crippen molar-refractivity contribution in [3.8, 4) is 11.5 Å². The zero-order chi connectivity index (χ0) is 12.7. The van der Waals surface area contributed by atoms with Crippen LogP contribution in [0.2, 0.25) is 0 Å². The highest BCUT2D eigenvalue weighted by molar-refractivity contribution is 5.47. The van der Waals surface area contributed by atoms with E-state index >= 15 is 0 Å². The van der Waals surface area contributed by atoms with Crippen molar-refractivity contribution < 1.29 is 9.47 Å². The van der Waals surface area contributed by atoms with Crippen LogP contribution in [0.1, 0.15) is 56.6 Å². The summed E-state index contributed by atoms with van der Waals surface area (Å²) >= 11 is 0. The van der Waals surface area contributed by atoms with Crippen LogP contribution in [0.4, 0.5) is 0 Å². The first-order chi connectivity index (χ1) is 9.35. The lowest BCUT2D eigenvalue weighted by Crippen LogP contribution is -2.34. The summed E-state index contributed by atoms with van der Waals surface area (Å²) in [6.45, 7) is 1.13. The Hall–Kier alpha value is -1.22. The molecule has 3 heteroatoms. The van der Waals surface area contributed by atoms with Gasteiger partial charge in [0.15, 0.2) is 11.5 Å². The number of fused-ring (bicyclic) bond motifs is 1. The fraction of sp³-hybridized carbons (Fsp3) is 0.625. The summed E-state index contributed by atoms with van der Waals surface area (Å²) in [7, 11) is 0. The number of hydrogen-bond acceptors (Lipinski definition) is 3. The second-order valence-electron chi connectivity index (χ2n) is 6.03. The number of ether oxygens (including phenoxy) is 2. The summed E-state index contributed by atoms with van der Waals surface area (Å²) in [5.41, 5.74) is 1.34. The Labute approximate surface area is 114 Å². The molecular weight excluding hydrogens is 238 g/mol. The number of rotatable bonds is 1. The number of piperidine rings is 1. The highest BCUT2D eigenvalue weighted by Gasteiger charge is 2.44. The smallest absolute Gasteiger partial charge is 0.251 e. The fourth-order valence-electron chi connectivity index (χ4n) is 3.58. The predicted molar refractivity (Wildman–Crippen MR) is 73.5 cm³/mol. The van der Waals surface area contributed by atoms with Gasteiger partial charge in [-0.2, -0.15) is 0 Å². The summed E-state index contributed by atoms with van der Waals surface area (Å²) < 4.78 is 12.2. The van der Waals surface area contributed by atoms with Gasteiger partial charge < -0.3 is 14.8 Å². The zero-order valence-corrected chi connectivity index (χ0v) is 11.3. The largest absolute Gasteiger partial charge is 0.448 e. The first kappa shape index (κ1) is 11.6. The van der Waals surface area contributed by atoms with Gasteiger partial charge in [0.25, 0.3) is 5.79 Å². The predicted octanol–water partition coefficient (Wildman–Crippen LogP) is 3.54. The normalized spacial score (nSPS) is 27.9. The minimum Gasteiger partial charge on any atom is -0.448 e. The van der Waals surface area contributed by atoms with Crippen molar-refractivity contribution in [2.75, 3.05) is 6.54 Å². The molecule has 2 aliphatic heterocycles. The highest BCUT2D eigenvalue weighted by Crippen LogP contribution is 2.47. The van der Waals surface area contributed by atoms with E-state index in [2.05, 4.69) is 23.5 Å². The van der Waals surface area contributed by atoms with Crippen LogP contribution in [-0.4, -0.2) is 12.3 Å². The average molecular weight is 259 g/mol. The van der Waals surface area contributed by atoms with Crippen molar-refractivity contribution in [2.45, 2.75) is 56.8 Å². The first-order valence-electron chi connectivity index (χ1n) is 7.60. The molecule has 1 spiro atoms. The van der Waals surface area contributed by atoms with Gasteiger partial charge in [-0.15, -0.1) is 0 Å². The fourth-order valence-corrected chi connectivity index (χ4v) is 3.58. The van der Waals surface area contributed by atoms with Crippen molar-refractivity contribution in [1.29, 1.82) is 0 Å². The number of hydrogen-bond donors (Lipinski definition) is 1. The molecular formula is C16H21NO2. The van der Waals surface area contributed by atoms with E-state index in [9.17, 15) is 0 Å². The van der Waals surface area contributed by atoms with E-state index in [4.69, 9.17) is 9.47 Å². The Morgan fingerprint density at radius 1 is 1.00 bits per heavy atom. The third-order valence-corrected chi connectivity index (χ3v) is 4.64. The topological polar surface area (TPSA) is 30.5 Å². The van der Waals surface area contributed by atoms with E-state index in [1.54, 1.807) is 0 Å². The molecule has 3 aliphatic rings. The molecule has 1 N–H and O–H groups in total. The molecule has 1 atom stereocenters. The molecule has 4 rings (SSSR count).